The third-order valence-electron chi connectivity index (χ3n) is 7.31. The molecule has 1 aliphatic carbocycles. The van der Waals surface area contributed by atoms with Crippen LogP contribution in [-0.2, 0) is 0 Å². The van der Waals surface area contributed by atoms with Crippen LogP contribution in [0.1, 0.15) is 44.1 Å². The Kier molecular flexibility index (Phi) is 6.14. The average Bonchev–Trinajstić information content (AvgIpc) is 2.86. The molecule has 0 aromatic carbocycles. The molecule has 2 atom stereocenters. The third-order valence-corrected chi connectivity index (χ3v) is 7.31. The summed E-state index contributed by atoms with van der Waals surface area (Å²) in [5, 5.41) is 11.3. The number of nitrogens with one attached hydrogen (secondary N) is 3. The van der Waals surface area contributed by atoms with E-state index in [-0.39, 0.29) is 5.82 Å². The van der Waals surface area contributed by atoms with Gasteiger partial charge in [-0.3, -0.25) is 4.98 Å². The fourth-order valence-electron chi connectivity index (χ4n) is 5.01. The van der Waals surface area contributed by atoms with E-state index in [0.717, 1.165) is 41.8 Å². The van der Waals surface area contributed by atoms with Crippen molar-refractivity contribution in [1.29, 1.82) is 0 Å². The zero-order valence-electron chi connectivity index (χ0n) is 20.2. The van der Waals surface area contributed by atoms with Gasteiger partial charge in [-0.05, 0) is 74.0 Å². The second kappa shape index (κ2) is 9.73. The van der Waals surface area contributed by atoms with Crippen molar-refractivity contribution in [2.45, 2.75) is 44.6 Å². The maximum Gasteiger partial charge on any atom is 0.167 e. The van der Waals surface area contributed by atoms with E-state index in [9.17, 15) is 4.39 Å². The van der Waals surface area contributed by atoms with Gasteiger partial charge in [-0.25, -0.2) is 24.3 Å². The van der Waals surface area contributed by atoms with Crippen LogP contribution in [0.5, 0.6) is 0 Å². The highest BCUT2D eigenvalue weighted by Gasteiger charge is 2.27. The van der Waals surface area contributed by atoms with Gasteiger partial charge in [0.25, 0.3) is 0 Å². The lowest BCUT2D eigenvalue weighted by Crippen LogP contribution is -2.42. The Balaban J connectivity index is 1.42. The molecule has 1 aliphatic heterocycles. The molecule has 5 heterocycles. The Labute approximate surface area is 209 Å². The Morgan fingerprint density at radius 1 is 1.03 bits per heavy atom. The molecule has 3 N–H and O–H groups in total. The smallest absolute Gasteiger partial charge is 0.167 e. The molecule has 1 saturated heterocycles. The van der Waals surface area contributed by atoms with E-state index in [0.29, 0.717) is 29.5 Å². The topological polar surface area (TPSA) is 101 Å². The summed E-state index contributed by atoms with van der Waals surface area (Å²) in [7, 11) is 0. The number of hydrogen-bond donors (Lipinski definition) is 3. The molecule has 4 aromatic heterocycles. The first kappa shape index (κ1) is 22.7. The van der Waals surface area contributed by atoms with Crippen molar-refractivity contribution in [2.24, 2.45) is 5.92 Å². The number of piperidine rings is 1. The molecule has 0 unspecified atom stereocenters. The van der Waals surface area contributed by atoms with E-state index in [1.165, 1.54) is 37.1 Å². The number of aromatic nitrogens is 5. The van der Waals surface area contributed by atoms with Crippen LogP contribution in [0.2, 0.25) is 0 Å². The molecule has 0 radical (unpaired) electrons. The normalized spacial score (nSPS) is 20.2. The molecular formula is C27H29FN8. The lowest BCUT2D eigenvalue weighted by molar-refractivity contribution is 0.368. The Morgan fingerprint density at radius 2 is 1.94 bits per heavy atom. The molecule has 36 heavy (non-hydrogen) atoms. The minimum atomic E-state index is -0.441. The van der Waals surface area contributed by atoms with Crippen molar-refractivity contribution in [3.63, 3.8) is 0 Å². The predicted molar refractivity (Wildman–Crippen MR) is 139 cm³/mol. The van der Waals surface area contributed by atoms with Crippen molar-refractivity contribution in [3.05, 3.63) is 60.4 Å². The van der Waals surface area contributed by atoms with Crippen molar-refractivity contribution >= 4 is 28.4 Å². The van der Waals surface area contributed by atoms with Crippen molar-refractivity contribution in [1.82, 2.24) is 30.2 Å². The molecule has 1 saturated carbocycles. The lowest BCUT2D eigenvalue weighted by atomic mass is 9.79. The van der Waals surface area contributed by atoms with E-state index in [1.807, 2.05) is 24.5 Å². The van der Waals surface area contributed by atoms with Gasteiger partial charge in [0.15, 0.2) is 17.5 Å². The largest absolute Gasteiger partial charge is 0.366 e. The minimum absolute atomic E-state index is 0.123. The molecule has 6 rings (SSSR count). The van der Waals surface area contributed by atoms with Gasteiger partial charge < -0.3 is 16.0 Å². The van der Waals surface area contributed by atoms with Crippen molar-refractivity contribution < 1.29 is 4.39 Å². The number of fused-ring (bicyclic) bond motifs is 1. The zero-order valence-corrected chi connectivity index (χ0v) is 20.2. The van der Waals surface area contributed by atoms with Gasteiger partial charge in [-0.1, -0.05) is 13.3 Å². The predicted octanol–water partition coefficient (Wildman–Crippen LogP) is 5.04. The Bertz CT molecular complexity index is 1390. The Hall–Kier alpha value is -3.72. The highest BCUT2D eigenvalue weighted by molar-refractivity contribution is 5.93. The van der Waals surface area contributed by atoms with Crippen molar-refractivity contribution in [3.8, 4) is 11.4 Å². The molecule has 0 spiro atoms. The first-order chi connectivity index (χ1) is 17.7. The molecular weight excluding hydrogens is 455 g/mol. The first-order valence-electron chi connectivity index (χ1n) is 12.6. The fourth-order valence-corrected chi connectivity index (χ4v) is 5.01. The molecule has 184 valence electrons. The summed E-state index contributed by atoms with van der Waals surface area (Å²) in [4.78, 5) is 22.9. The van der Waals surface area contributed by atoms with Crippen LogP contribution in [0.4, 0.5) is 21.8 Å². The summed E-state index contributed by atoms with van der Waals surface area (Å²) in [5.74, 6) is 2.57. The lowest BCUT2D eigenvalue weighted by Gasteiger charge is -2.32. The number of anilines is 3. The second-order valence-corrected chi connectivity index (χ2v) is 9.76. The summed E-state index contributed by atoms with van der Waals surface area (Å²) in [6.45, 7) is 4.23. The van der Waals surface area contributed by atoms with Crippen LogP contribution in [0.3, 0.4) is 0 Å². The number of pyridine rings is 3. The minimum Gasteiger partial charge on any atom is -0.366 e. The van der Waals surface area contributed by atoms with Crippen LogP contribution >= 0.6 is 0 Å². The maximum absolute atomic E-state index is 14.1. The van der Waals surface area contributed by atoms with Gasteiger partial charge in [0.05, 0.1) is 11.7 Å². The summed E-state index contributed by atoms with van der Waals surface area (Å²) < 4.78 is 14.1. The quantitative estimate of drug-likeness (QED) is 0.350. The summed E-state index contributed by atoms with van der Waals surface area (Å²) in [5.41, 5.74) is 2.84. The van der Waals surface area contributed by atoms with E-state index >= 15 is 0 Å². The number of hydrogen-bond acceptors (Lipinski definition) is 8. The first-order valence-corrected chi connectivity index (χ1v) is 12.6. The van der Waals surface area contributed by atoms with Crippen LogP contribution < -0.4 is 16.0 Å². The molecule has 0 bridgehead atoms. The van der Waals surface area contributed by atoms with Crippen LogP contribution in [-0.4, -0.2) is 44.1 Å². The van der Waals surface area contributed by atoms with E-state index in [2.05, 4.69) is 37.8 Å². The molecule has 0 amide bonds. The molecule has 9 heteroatoms. The second-order valence-electron chi connectivity index (χ2n) is 9.76. The van der Waals surface area contributed by atoms with Gasteiger partial charge in [0.2, 0.25) is 0 Å². The molecule has 4 aromatic rings. The zero-order chi connectivity index (χ0) is 24.5. The average molecular weight is 485 g/mol. The number of nitrogens with zero attached hydrogens (tertiary/aromatic N) is 5. The van der Waals surface area contributed by atoms with E-state index in [1.54, 1.807) is 12.3 Å². The molecule has 2 aliphatic rings. The monoisotopic (exact) mass is 484 g/mol. The number of halogens is 1. The molecule has 2 fully saturated rings. The van der Waals surface area contributed by atoms with E-state index < -0.39 is 5.82 Å². The summed E-state index contributed by atoms with van der Waals surface area (Å²) in [6, 6.07) is 6.91. The Morgan fingerprint density at radius 3 is 2.75 bits per heavy atom. The van der Waals surface area contributed by atoms with Gasteiger partial charge in [-0.2, -0.15) is 0 Å². The van der Waals surface area contributed by atoms with Gasteiger partial charge in [0.1, 0.15) is 11.6 Å². The van der Waals surface area contributed by atoms with Gasteiger partial charge in [-0.15, -0.1) is 0 Å². The van der Waals surface area contributed by atoms with Crippen LogP contribution in [0, 0.1) is 11.7 Å². The highest BCUT2D eigenvalue weighted by Crippen LogP contribution is 2.41. The highest BCUT2D eigenvalue weighted by atomic mass is 19.1. The van der Waals surface area contributed by atoms with Gasteiger partial charge in [0, 0.05) is 35.6 Å². The van der Waals surface area contributed by atoms with Crippen LogP contribution in [0.25, 0.3) is 22.3 Å². The fraction of sp³-hybridized carbons (Fsp3) is 0.370. The van der Waals surface area contributed by atoms with Crippen molar-refractivity contribution in [2.75, 3.05) is 23.7 Å². The standard InChI is InChI=1S/C27H29FN8/c1-16-13-29-10-8-21(16)33-27-24-19(17-4-2-5-17)14-30-15-22(24)34-25(36-27)18-7-11-31-23(12-18)35-26-20(28)6-3-9-32-26/h3,6-7,9,11-12,14-17,21,29H,2,4-5,8,10,13H2,1H3,(H,31,32,35)(H,33,34,36)/t16-,21+/m1/s1. The SMILES string of the molecule is C[C@@H]1CNCC[C@@H]1Nc1nc(-c2ccnc(Nc3ncccc3F)c2)nc2cncc(C3CCC3)c12. The molecule has 8 nitrogen and oxygen atoms in total. The van der Waals surface area contributed by atoms with Crippen LogP contribution in [0.15, 0.2) is 49.1 Å². The summed E-state index contributed by atoms with van der Waals surface area (Å²) >= 11 is 0. The van der Waals surface area contributed by atoms with Gasteiger partial charge >= 0.3 is 0 Å². The number of rotatable bonds is 6. The van der Waals surface area contributed by atoms with E-state index in [4.69, 9.17) is 9.97 Å². The third kappa shape index (κ3) is 4.46. The maximum atomic E-state index is 14.1. The summed E-state index contributed by atoms with van der Waals surface area (Å²) in [6.07, 6.45) is 11.6.